The maximum atomic E-state index is 13.7. The van der Waals surface area contributed by atoms with E-state index < -0.39 is 23.6 Å². The van der Waals surface area contributed by atoms with Crippen molar-refractivity contribution in [1.29, 1.82) is 0 Å². The summed E-state index contributed by atoms with van der Waals surface area (Å²) < 4.78 is 26.6. The number of hydrogen-bond donors (Lipinski definition) is 2. The average molecular weight is 298 g/mol. The topological polar surface area (TPSA) is 49.3 Å². The fraction of sp³-hybridized carbons (Fsp3) is 0.0714. The maximum absolute atomic E-state index is 13.7. The number of carbonyl (C=O) groups is 1. The highest BCUT2D eigenvalue weighted by Gasteiger charge is 2.24. The highest BCUT2D eigenvalue weighted by molar-refractivity contribution is 6.33. The van der Waals surface area contributed by atoms with E-state index >= 15 is 0 Å². The summed E-state index contributed by atoms with van der Waals surface area (Å²) in [5.74, 6) is -3.00. The molecule has 2 N–H and O–H groups in total. The molecule has 0 bridgehead atoms. The fourth-order valence-corrected chi connectivity index (χ4v) is 1.93. The van der Waals surface area contributed by atoms with Crippen LogP contribution in [-0.4, -0.2) is 11.1 Å². The van der Waals surface area contributed by atoms with Gasteiger partial charge in [0, 0.05) is 11.6 Å². The lowest BCUT2D eigenvalue weighted by Crippen LogP contribution is -2.22. The summed E-state index contributed by atoms with van der Waals surface area (Å²) in [5, 5.41) is 12.1. The summed E-state index contributed by atoms with van der Waals surface area (Å²) in [4.78, 5) is 11.3. The van der Waals surface area contributed by atoms with Gasteiger partial charge in [-0.15, -0.1) is 0 Å². The van der Waals surface area contributed by atoms with E-state index in [1.807, 2.05) is 0 Å². The van der Waals surface area contributed by atoms with Crippen molar-refractivity contribution in [1.82, 2.24) is 0 Å². The van der Waals surface area contributed by atoms with Crippen LogP contribution < -0.4 is 5.32 Å². The molecule has 1 unspecified atom stereocenters. The van der Waals surface area contributed by atoms with Gasteiger partial charge in [-0.2, -0.15) is 0 Å². The molecule has 0 radical (unpaired) electrons. The van der Waals surface area contributed by atoms with Crippen LogP contribution in [0.25, 0.3) is 0 Å². The zero-order valence-corrected chi connectivity index (χ0v) is 10.9. The molecule has 104 valence electrons. The van der Waals surface area contributed by atoms with E-state index in [9.17, 15) is 18.7 Å². The predicted molar refractivity (Wildman–Crippen MR) is 71.8 cm³/mol. The molecule has 1 atom stereocenters. The van der Waals surface area contributed by atoms with E-state index in [4.69, 9.17) is 11.6 Å². The van der Waals surface area contributed by atoms with Gasteiger partial charge in [0.15, 0.2) is 6.04 Å². The number of hydrogen-bond acceptors (Lipinski definition) is 2. The molecule has 0 heterocycles. The summed E-state index contributed by atoms with van der Waals surface area (Å²) in [6, 6.07) is 7.85. The van der Waals surface area contributed by atoms with Crippen LogP contribution in [-0.2, 0) is 4.79 Å². The molecule has 3 nitrogen and oxygen atoms in total. The molecule has 0 saturated carbocycles. The molecule has 0 aliphatic rings. The van der Waals surface area contributed by atoms with Crippen molar-refractivity contribution in [3.05, 3.63) is 64.7 Å². The van der Waals surface area contributed by atoms with Crippen LogP contribution in [0.1, 0.15) is 11.6 Å². The molecule has 0 saturated heterocycles. The summed E-state index contributed by atoms with van der Waals surface area (Å²) in [6.07, 6.45) is 0. The van der Waals surface area contributed by atoms with Crippen molar-refractivity contribution >= 4 is 23.3 Å². The second-order valence-electron chi connectivity index (χ2n) is 4.06. The minimum absolute atomic E-state index is 0.168. The van der Waals surface area contributed by atoms with E-state index in [1.54, 1.807) is 24.3 Å². The standard InChI is InChI=1S/C14H10ClF2NO2/c15-10-3-1-2-4-12(10)18-13(14(19)20)9-6-5-8(16)7-11(9)17/h1-7,13,18H,(H,19,20). The number of aliphatic carboxylic acids is 1. The van der Waals surface area contributed by atoms with Crippen molar-refractivity contribution in [2.75, 3.05) is 5.32 Å². The Hall–Kier alpha value is -2.14. The summed E-state index contributed by atoms with van der Waals surface area (Å²) in [6.45, 7) is 0. The second-order valence-corrected chi connectivity index (χ2v) is 4.47. The van der Waals surface area contributed by atoms with Gasteiger partial charge in [0.1, 0.15) is 11.6 Å². The lowest BCUT2D eigenvalue weighted by atomic mass is 10.1. The summed E-state index contributed by atoms with van der Waals surface area (Å²) in [5.41, 5.74) is 0.184. The Morgan fingerprint density at radius 1 is 1.20 bits per heavy atom. The maximum Gasteiger partial charge on any atom is 0.330 e. The Labute approximate surface area is 118 Å². The Balaban J connectivity index is 2.37. The third kappa shape index (κ3) is 3.05. The lowest BCUT2D eigenvalue weighted by molar-refractivity contribution is -0.138. The number of carboxylic acid groups (broad SMARTS) is 1. The van der Waals surface area contributed by atoms with Crippen LogP contribution >= 0.6 is 11.6 Å². The van der Waals surface area contributed by atoms with Gasteiger partial charge in [0.2, 0.25) is 0 Å². The lowest BCUT2D eigenvalue weighted by Gasteiger charge is -2.17. The summed E-state index contributed by atoms with van der Waals surface area (Å²) in [7, 11) is 0. The van der Waals surface area contributed by atoms with E-state index in [0.717, 1.165) is 12.1 Å². The van der Waals surface area contributed by atoms with Gasteiger partial charge in [-0.25, -0.2) is 13.6 Å². The van der Waals surface area contributed by atoms with Crippen molar-refractivity contribution < 1.29 is 18.7 Å². The first-order chi connectivity index (χ1) is 9.49. The van der Waals surface area contributed by atoms with Crippen molar-refractivity contribution in [2.24, 2.45) is 0 Å². The van der Waals surface area contributed by atoms with Gasteiger partial charge >= 0.3 is 5.97 Å². The van der Waals surface area contributed by atoms with Crippen molar-refractivity contribution in [2.45, 2.75) is 6.04 Å². The number of benzene rings is 2. The number of anilines is 1. The Kier molecular flexibility index (Phi) is 4.20. The number of carboxylic acids is 1. The molecule has 2 aromatic carbocycles. The fourth-order valence-electron chi connectivity index (χ4n) is 1.74. The normalized spacial score (nSPS) is 11.9. The number of nitrogens with one attached hydrogen (secondary N) is 1. The monoisotopic (exact) mass is 297 g/mol. The number of rotatable bonds is 4. The largest absolute Gasteiger partial charge is 0.479 e. The zero-order chi connectivity index (χ0) is 14.7. The van der Waals surface area contributed by atoms with Gasteiger partial charge in [-0.1, -0.05) is 29.8 Å². The number of halogens is 3. The van der Waals surface area contributed by atoms with Crippen molar-refractivity contribution in [3.8, 4) is 0 Å². The molecule has 20 heavy (non-hydrogen) atoms. The van der Waals surface area contributed by atoms with Gasteiger partial charge in [0.05, 0.1) is 10.7 Å². The van der Waals surface area contributed by atoms with Gasteiger partial charge in [-0.05, 0) is 18.2 Å². The average Bonchev–Trinajstić information content (AvgIpc) is 2.38. The molecule has 0 spiro atoms. The van der Waals surface area contributed by atoms with E-state index in [-0.39, 0.29) is 5.56 Å². The van der Waals surface area contributed by atoms with Crippen LogP contribution in [0.4, 0.5) is 14.5 Å². The van der Waals surface area contributed by atoms with Crippen LogP contribution in [0.15, 0.2) is 42.5 Å². The molecule has 0 fully saturated rings. The zero-order valence-electron chi connectivity index (χ0n) is 10.1. The Morgan fingerprint density at radius 2 is 1.90 bits per heavy atom. The SMILES string of the molecule is O=C(O)C(Nc1ccccc1Cl)c1ccc(F)cc1F. The molecule has 6 heteroatoms. The molecule has 2 aromatic rings. The third-order valence-electron chi connectivity index (χ3n) is 2.69. The van der Waals surface area contributed by atoms with Crippen LogP contribution in [0, 0.1) is 11.6 Å². The molecule has 0 aromatic heterocycles. The van der Waals surface area contributed by atoms with E-state index in [1.165, 1.54) is 0 Å². The quantitative estimate of drug-likeness (QED) is 0.901. The molecular formula is C14H10ClF2NO2. The van der Waals surface area contributed by atoms with Crippen molar-refractivity contribution in [3.63, 3.8) is 0 Å². The minimum atomic E-state index is -1.37. The molecular weight excluding hydrogens is 288 g/mol. The van der Waals surface area contributed by atoms with E-state index in [2.05, 4.69) is 5.32 Å². The first kappa shape index (κ1) is 14.3. The molecule has 0 aliphatic carbocycles. The molecule has 2 rings (SSSR count). The van der Waals surface area contributed by atoms with Crippen LogP contribution in [0.3, 0.4) is 0 Å². The Morgan fingerprint density at radius 3 is 2.50 bits per heavy atom. The smallest absolute Gasteiger partial charge is 0.330 e. The minimum Gasteiger partial charge on any atom is -0.479 e. The summed E-state index contributed by atoms with van der Waals surface area (Å²) >= 11 is 5.92. The van der Waals surface area contributed by atoms with E-state index in [0.29, 0.717) is 16.8 Å². The first-order valence-electron chi connectivity index (χ1n) is 5.68. The van der Waals surface area contributed by atoms with Gasteiger partial charge < -0.3 is 10.4 Å². The molecule has 0 aliphatic heterocycles. The highest BCUT2D eigenvalue weighted by Crippen LogP contribution is 2.27. The van der Waals surface area contributed by atoms with Gasteiger partial charge in [-0.3, -0.25) is 0 Å². The Bertz CT molecular complexity index is 649. The highest BCUT2D eigenvalue weighted by atomic mass is 35.5. The van der Waals surface area contributed by atoms with Crippen LogP contribution in [0.5, 0.6) is 0 Å². The third-order valence-corrected chi connectivity index (χ3v) is 3.02. The first-order valence-corrected chi connectivity index (χ1v) is 6.05. The molecule has 0 amide bonds. The van der Waals surface area contributed by atoms with Gasteiger partial charge in [0.25, 0.3) is 0 Å². The predicted octanol–water partition coefficient (Wildman–Crippen LogP) is 3.86. The second kappa shape index (κ2) is 5.88. The number of para-hydroxylation sites is 1. The van der Waals surface area contributed by atoms with Crippen LogP contribution in [0.2, 0.25) is 5.02 Å².